The van der Waals surface area contributed by atoms with Crippen LogP contribution in [0.1, 0.15) is 5.56 Å². The highest BCUT2D eigenvalue weighted by atomic mass is 32.2. The van der Waals surface area contributed by atoms with E-state index >= 15 is 0 Å². The smallest absolute Gasteiger partial charge is 0.243 e. The Balaban J connectivity index is 1.62. The van der Waals surface area contributed by atoms with Crippen molar-refractivity contribution in [3.63, 3.8) is 0 Å². The zero-order valence-corrected chi connectivity index (χ0v) is 17.3. The second kappa shape index (κ2) is 9.03. The molecule has 0 N–H and O–H groups in total. The molecule has 160 valence electrons. The molecule has 2 aromatic carbocycles. The van der Waals surface area contributed by atoms with Crippen LogP contribution < -0.4 is 9.47 Å². The Morgan fingerprint density at radius 3 is 2.37 bits per heavy atom. The normalized spacial score (nSPS) is 16.5. The number of sulfonamides is 1. The molecular formula is C21H24N2O6S. The van der Waals surface area contributed by atoms with Gasteiger partial charge in [0.2, 0.25) is 15.9 Å². The van der Waals surface area contributed by atoms with E-state index in [2.05, 4.69) is 0 Å². The van der Waals surface area contributed by atoms with Gasteiger partial charge in [0.15, 0.2) is 11.5 Å². The SMILES string of the molecule is O=C(CN(Cc1ccccc1)S(=O)(=O)c1ccc2c(c1)OCCO2)N1CCOCC1. The molecule has 0 radical (unpaired) electrons. The maximum absolute atomic E-state index is 13.5. The van der Waals surface area contributed by atoms with Crippen molar-refractivity contribution in [2.45, 2.75) is 11.4 Å². The molecule has 2 aromatic rings. The molecule has 0 saturated carbocycles. The third kappa shape index (κ3) is 4.58. The van der Waals surface area contributed by atoms with Crippen molar-refractivity contribution < 1.29 is 27.4 Å². The van der Waals surface area contributed by atoms with Gasteiger partial charge in [-0.25, -0.2) is 8.42 Å². The standard InChI is InChI=1S/C21H24N2O6S/c24-21(22-8-10-27-11-9-22)16-23(15-17-4-2-1-3-5-17)30(25,26)18-6-7-19-20(14-18)29-13-12-28-19/h1-7,14H,8-13,15-16H2. The van der Waals surface area contributed by atoms with Gasteiger partial charge in [-0.1, -0.05) is 30.3 Å². The lowest BCUT2D eigenvalue weighted by Crippen LogP contribution is -2.46. The van der Waals surface area contributed by atoms with E-state index in [1.165, 1.54) is 16.4 Å². The van der Waals surface area contributed by atoms with Gasteiger partial charge in [-0.3, -0.25) is 4.79 Å². The Morgan fingerprint density at radius 2 is 1.63 bits per heavy atom. The molecule has 0 atom stereocenters. The molecule has 1 fully saturated rings. The fourth-order valence-corrected chi connectivity index (χ4v) is 4.80. The van der Waals surface area contributed by atoms with Crippen molar-refractivity contribution in [2.75, 3.05) is 46.1 Å². The van der Waals surface area contributed by atoms with Gasteiger partial charge < -0.3 is 19.1 Å². The van der Waals surface area contributed by atoms with E-state index < -0.39 is 10.0 Å². The minimum atomic E-state index is -3.95. The number of carbonyl (C=O) groups is 1. The summed E-state index contributed by atoms with van der Waals surface area (Å²) in [6, 6.07) is 13.8. The number of morpholine rings is 1. The molecule has 30 heavy (non-hydrogen) atoms. The summed E-state index contributed by atoms with van der Waals surface area (Å²) in [5.41, 5.74) is 0.799. The fraction of sp³-hybridized carbons (Fsp3) is 0.381. The molecule has 0 spiro atoms. The van der Waals surface area contributed by atoms with Crippen LogP contribution in [0.3, 0.4) is 0 Å². The summed E-state index contributed by atoms with van der Waals surface area (Å²) >= 11 is 0. The summed E-state index contributed by atoms with van der Waals surface area (Å²) in [6.45, 7) is 2.47. The number of hydrogen-bond acceptors (Lipinski definition) is 6. The Hall–Kier alpha value is -2.62. The topological polar surface area (TPSA) is 85.4 Å². The second-order valence-corrected chi connectivity index (χ2v) is 9.00. The first-order chi connectivity index (χ1) is 14.5. The molecule has 9 heteroatoms. The third-order valence-electron chi connectivity index (χ3n) is 5.03. The summed E-state index contributed by atoms with van der Waals surface area (Å²) in [5.74, 6) is 0.663. The van der Waals surface area contributed by atoms with Crippen LogP contribution in [-0.2, 0) is 26.1 Å². The Labute approximate surface area is 176 Å². The number of benzene rings is 2. The van der Waals surface area contributed by atoms with Crippen molar-refractivity contribution in [3.05, 3.63) is 54.1 Å². The van der Waals surface area contributed by atoms with E-state index in [1.807, 2.05) is 30.3 Å². The summed E-state index contributed by atoms with van der Waals surface area (Å²) < 4.78 is 44.5. The molecule has 2 aliphatic heterocycles. The van der Waals surface area contributed by atoms with Crippen molar-refractivity contribution in [2.24, 2.45) is 0 Å². The van der Waals surface area contributed by atoms with Crippen molar-refractivity contribution in [3.8, 4) is 11.5 Å². The van der Waals surface area contributed by atoms with E-state index in [9.17, 15) is 13.2 Å². The van der Waals surface area contributed by atoms with E-state index in [4.69, 9.17) is 14.2 Å². The van der Waals surface area contributed by atoms with Gasteiger partial charge in [0.05, 0.1) is 24.7 Å². The molecule has 2 aliphatic rings. The molecule has 0 bridgehead atoms. The van der Waals surface area contributed by atoms with Crippen LogP contribution >= 0.6 is 0 Å². The lowest BCUT2D eigenvalue weighted by molar-refractivity contribution is -0.135. The average molecular weight is 432 g/mol. The van der Waals surface area contributed by atoms with Gasteiger partial charge >= 0.3 is 0 Å². The van der Waals surface area contributed by atoms with Crippen molar-refractivity contribution >= 4 is 15.9 Å². The zero-order chi connectivity index (χ0) is 21.0. The number of nitrogens with zero attached hydrogens (tertiary/aromatic N) is 2. The van der Waals surface area contributed by atoms with Gasteiger partial charge in [0, 0.05) is 25.7 Å². The first-order valence-corrected chi connectivity index (χ1v) is 11.3. The molecule has 4 rings (SSSR count). The minimum Gasteiger partial charge on any atom is -0.486 e. The summed E-state index contributed by atoms with van der Waals surface area (Å²) in [5, 5.41) is 0. The quantitative estimate of drug-likeness (QED) is 0.688. The van der Waals surface area contributed by atoms with E-state index in [-0.39, 0.29) is 23.9 Å². The van der Waals surface area contributed by atoms with Crippen LogP contribution in [0.2, 0.25) is 0 Å². The fourth-order valence-electron chi connectivity index (χ4n) is 3.41. The van der Waals surface area contributed by atoms with Crippen LogP contribution in [-0.4, -0.2) is 69.6 Å². The van der Waals surface area contributed by atoms with E-state index in [0.717, 1.165) is 5.56 Å². The van der Waals surface area contributed by atoms with Crippen LogP contribution in [0.15, 0.2) is 53.4 Å². The predicted octanol–water partition coefficient (Wildman–Crippen LogP) is 1.51. The molecule has 0 aliphatic carbocycles. The minimum absolute atomic E-state index is 0.0671. The first-order valence-electron chi connectivity index (χ1n) is 9.83. The summed E-state index contributed by atoms with van der Waals surface area (Å²) in [4.78, 5) is 14.5. The highest BCUT2D eigenvalue weighted by molar-refractivity contribution is 7.89. The van der Waals surface area contributed by atoms with Gasteiger partial charge in [-0.15, -0.1) is 0 Å². The Bertz CT molecular complexity index is 990. The zero-order valence-electron chi connectivity index (χ0n) is 16.5. The Morgan fingerprint density at radius 1 is 0.933 bits per heavy atom. The molecule has 0 aromatic heterocycles. The van der Waals surface area contributed by atoms with Crippen LogP contribution in [0.4, 0.5) is 0 Å². The molecule has 2 heterocycles. The number of fused-ring (bicyclic) bond motifs is 1. The van der Waals surface area contributed by atoms with E-state index in [0.29, 0.717) is 51.0 Å². The second-order valence-electron chi connectivity index (χ2n) is 7.06. The third-order valence-corrected chi connectivity index (χ3v) is 6.82. The van der Waals surface area contributed by atoms with Gasteiger partial charge in [-0.2, -0.15) is 4.31 Å². The first kappa shape index (κ1) is 20.6. The van der Waals surface area contributed by atoms with Gasteiger partial charge in [0.1, 0.15) is 13.2 Å². The van der Waals surface area contributed by atoms with Crippen molar-refractivity contribution in [1.82, 2.24) is 9.21 Å². The number of amides is 1. The predicted molar refractivity (Wildman–Crippen MR) is 109 cm³/mol. The molecule has 1 amide bonds. The Kier molecular flexibility index (Phi) is 6.21. The van der Waals surface area contributed by atoms with Gasteiger partial charge in [0.25, 0.3) is 0 Å². The summed E-state index contributed by atoms with van der Waals surface area (Å²) in [7, 11) is -3.95. The monoisotopic (exact) mass is 432 g/mol. The number of rotatable bonds is 6. The molecular weight excluding hydrogens is 408 g/mol. The van der Waals surface area contributed by atoms with Gasteiger partial charge in [-0.05, 0) is 17.7 Å². The average Bonchev–Trinajstić information content (AvgIpc) is 2.79. The van der Waals surface area contributed by atoms with Crippen LogP contribution in [0.5, 0.6) is 11.5 Å². The van der Waals surface area contributed by atoms with E-state index in [1.54, 1.807) is 11.0 Å². The highest BCUT2D eigenvalue weighted by Crippen LogP contribution is 2.33. The number of ether oxygens (including phenoxy) is 3. The maximum atomic E-state index is 13.5. The highest BCUT2D eigenvalue weighted by Gasteiger charge is 2.30. The number of hydrogen-bond donors (Lipinski definition) is 0. The lowest BCUT2D eigenvalue weighted by atomic mass is 10.2. The summed E-state index contributed by atoms with van der Waals surface area (Å²) in [6.07, 6.45) is 0. The molecule has 0 unspecified atom stereocenters. The van der Waals surface area contributed by atoms with Crippen molar-refractivity contribution in [1.29, 1.82) is 0 Å². The van der Waals surface area contributed by atoms with Crippen LogP contribution in [0.25, 0.3) is 0 Å². The van der Waals surface area contributed by atoms with Crippen LogP contribution in [0, 0.1) is 0 Å². The molecule has 8 nitrogen and oxygen atoms in total. The largest absolute Gasteiger partial charge is 0.486 e. The lowest BCUT2D eigenvalue weighted by Gasteiger charge is -2.30. The number of carbonyl (C=O) groups excluding carboxylic acids is 1. The molecule has 1 saturated heterocycles. The maximum Gasteiger partial charge on any atom is 0.243 e.